The Morgan fingerprint density at radius 2 is 1.96 bits per heavy atom. The van der Waals surface area contributed by atoms with Crippen molar-refractivity contribution in [3.8, 4) is 0 Å². The lowest BCUT2D eigenvalue weighted by Crippen LogP contribution is -2.37. The summed E-state index contributed by atoms with van der Waals surface area (Å²) in [5.74, 6) is -1.74. The number of alkyl halides is 3. The molecule has 0 bridgehead atoms. The minimum atomic E-state index is -4.92. The molecule has 1 N–H and O–H groups in total. The molecule has 1 heterocycles. The molecule has 0 unspecified atom stereocenters. The number of halogens is 3. The molecule has 0 fully saturated rings. The SMILES string of the molecule is Cc1cc(C(=O)Nc2cccc(CN(C)C(=O)C(F)(F)F)c2)co1. The van der Waals surface area contributed by atoms with Crippen LogP contribution in [0.25, 0.3) is 0 Å². The van der Waals surface area contributed by atoms with Crippen LogP contribution in [0.2, 0.25) is 0 Å². The van der Waals surface area contributed by atoms with Crippen molar-refractivity contribution < 1.29 is 27.2 Å². The lowest BCUT2D eigenvalue weighted by Gasteiger charge is -2.19. The summed E-state index contributed by atoms with van der Waals surface area (Å²) in [6.07, 6.45) is -3.61. The molecule has 0 aliphatic carbocycles. The van der Waals surface area contributed by atoms with Gasteiger partial charge >= 0.3 is 12.1 Å². The number of rotatable bonds is 4. The van der Waals surface area contributed by atoms with E-state index < -0.39 is 18.0 Å². The molecule has 8 heteroatoms. The van der Waals surface area contributed by atoms with Gasteiger partial charge in [-0.15, -0.1) is 0 Å². The maximum absolute atomic E-state index is 12.4. The maximum atomic E-state index is 12.4. The Kier molecular flexibility index (Phi) is 4.96. The first kappa shape index (κ1) is 17.6. The minimum Gasteiger partial charge on any atom is -0.469 e. The van der Waals surface area contributed by atoms with E-state index in [-0.39, 0.29) is 6.54 Å². The first-order chi connectivity index (χ1) is 11.2. The quantitative estimate of drug-likeness (QED) is 0.928. The van der Waals surface area contributed by atoms with Crippen molar-refractivity contribution in [3.63, 3.8) is 0 Å². The summed E-state index contributed by atoms with van der Waals surface area (Å²) in [5, 5.41) is 2.62. The first-order valence-electron chi connectivity index (χ1n) is 6.94. The number of hydrogen-bond donors (Lipinski definition) is 1. The summed E-state index contributed by atoms with van der Waals surface area (Å²) in [6.45, 7) is 1.47. The number of anilines is 1. The molecule has 128 valence electrons. The summed E-state index contributed by atoms with van der Waals surface area (Å²) < 4.78 is 42.2. The highest BCUT2D eigenvalue weighted by molar-refractivity contribution is 6.04. The molecule has 24 heavy (non-hydrogen) atoms. The third-order valence-corrected chi connectivity index (χ3v) is 3.19. The third-order valence-electron chi connectivity index (χ3n) is 3.19. The number of benzene rings is 1. The molecule has 1 aromatic carbocycles. The van der Waals surface area contributed by atoms with Crippen molar-refractivity contribution in [2.75, 3.05) is 12.4 Å². The molecular weight excluding hydrogens is 325 g/mol. The van der Waals surface area contributed by atoms with Gasteiger partial charge in [0.15, 0.2) is 0 Å². The smallest absolute Gasteiger partial charge is 0.469 e. The van der Waals surface area contributed by atoms with Crippen molar-refractivity contribution >= 4 is 17.5 Å². The molecule has 1 aromatic heterocycles. The molecule has 0 aliphatic rings. The predicted octanol–water partition coefficient (Wildman–Crippen LogP) is 3.36. The number of carbonyl (C=O) groups excluding carboxylic acids is 2. The van der Waals surface area contributed by atoms with E-state index in [9.17, 15) is 22.8 Å². The maximum Gasteiger partial charge on any atom is 0.471 e. The first-order valence-corrected chi connectivity index (χ1v) is 6.94. The molecule has 2 aromatic rings. The molecule has 2 amide bonds. The van der Waals surface area contributed by atoms with Crippen LogP contribution in [0.4, 0.5) is 18.9 Å². The molecule has 5 nitrogen and oxygen atoms in total. The van der Waals surface area contributed by atoms with Crippen molar-refractivity contribution in [1.29, 1.82) is 0 Å². The molecular formula is C16H15F3N2O3. The molecule has 2 rings (SSSR count). The van der Waals surface area contributed by atoms with Crippen LogP contribution in [-0.4, -0.2) is 29.9 Å². The highest BCUT2D eigenvalue weighted by Crippen LogP contribution is 2.20. The standard InChI is InChI=1S/C16H15F3N2O3/c1-10-6-12(9-24-10)14(22)20-13-5-3-4-11(7-13)8-21(2)15(23)16(17,18)19/h3-7,9H,8H2,1-2H3,(H,20,22). The van der Waals surface area contributed by atoms with Gasteiger partial charge in [0.25, 0.3) is 5.91 Å². The van der Waals surface area contributed by atoms with Crippen molar-refractivity contribution in [2.24, 2.45) is 0 Å². The summed E-state index contributed by atoms with van der Waals surface area (Å²) in [7, 11) is 1.06. The fourth-order valence-corrected chi connectivity index (χ4v) is 2.08. The molecule has 0 saturated heterocycles. The summed E-state index contributed by atoms with van der Waals surface area (Å²) in [6, 6.07) is 7.81. The Morgan fingerprint density at radius 1 is 1.25 bits per heavy atom. The van der Waals surface area contributed by atoms with E-state index in [0.717, 1.165) is 7.05 Å². The fourth-order valence-electron chi connectivity index (χ4n) is 2.08. The van der Waals surface area contributed by atoms with Crippen LogP contribution in [-0.2, 0) is 11.3 Å². The highest BCUT2D eigenvalue weighted by atomic mass is 19.4. The van der Waals surface area contributed by atoms with Crippen LogP contribution < -0.4 is 5.32 Å². The van der Waals surface area contributed by atoms with Crippen LogP contribution >= 0.6 is 0 Å². The van der Waals surface area contributed by atoms with E-state index in [1.165, 1.54) is 12.3 Å². The topological polar surface area (TPSA) is 62.6 Å². The van der Waals surface area contributed by atoms with Crippen molar-refractivity contribution in [3.05, 3.63) is 53.5 Å². The van der Waals surface area contributed by atoms with E-state index >= 15 is 0 Å². The van der Waals surface area contributed by atoms with Gasteiger partial charge in [-0.1, -0.05) is 12.1 Å². The highest BCUT2D eigenvalue weighted by Gasteiger charge is 2.41. The summed E-state index contributed by atoms with van der Waals surface area (Å²) in [4.78, 5) is 23.7. The van der Waals surface area contributed by atoms with Gasteiger partial charge in [-0.05, 0) is 30.7 Å². The van der Waals surface area contributed by atoms with Gasteiger partial charge in [0.1, 0.15) is 12.0 Å². The number of hydrogen-bond acceptors (Lipinski definition) is 3. The Labute approximate surface area is 136 Å². The van der Waals surface area contributed by atoms with Crippen LogP contribution in [0.15, 0.2) is 41.0 Å². The Bertz CT molecular complexity index is 753. The van der Waals surface area contributed by atoms with E-state index in [0.29, 0.717) is 27.5 Å². The Hall–Kier alpha value is -2.77. The van der Waals surface area contributed by atoms with Crippen molar-refractivity contribution in [1.82, 2.24) is 4.90 Å². The number of aryl methyl sites for hydroxylation is 1. The predicted molar refractivity (Wildman–Crippen MR) is 80.4 cm³/mol. The summed E-state index contributed by atoms with van der Waals surface area (Å²) >= 11 is 0. The lowest BCUT2D eigenvalue weighted by molar-refractivity contribution is -0.184. The molecule has 0 radical (unpaired) electrons. The van der Waals surface area contributed by atoms with E-state index in [1.54, 1.807) is 31.2 Å². The average molecular weight is 340 g/mol. The average Bonchev–Trinajstić information content (AvgIpc) is 2.92. The van der Waals surface area contributed by atoms with Gasteiger partial charge in [0.2, 0.25) is 0 Å². The second kappa shape index (κ2) is 6.77. The van der Waals surface area contributed by atoms with Crippen molar-refractivity contribution in [2.45, 2.75) is 19.6 Å². The molecule has 0 saturated carbocycles. The second-order valence-corrected chi connectivity index (χ2v) is 5.26. The van der Waals surface area contributed by atoms with Gasteiger partial charge in [-0.2, -0.15) is 13.2 Å². The zero-order valence-electron chi connectivity index (χ0n) is 13.0. The van der Waals surface area contributed by atoms with Crippen LogP contribution in [0.5, 0.6) is 0 Å². The third kappa shape index (κ3) is 4.37. The number of amides is 2. The van der Waals surface area contributed by atoms with Gasteiger partial charge in [-0.3, -0.25) is 9.59 Å². The van der Waals surface area contributed by atoms with Crippen LogP contribution in [0.1, 0.15) is 21.7 Å². The van der Waals surface area contributed by atoms with Gasteiger partial charge in [0, 0.05) is 19.3 Å². The van der Waals surface area contributed by atoms with Crippen LogP contribution in [0.3, 0.4) is 0 Å². The van der Waals surface area contributed by atoms with Gasteiger partial charge in [0.05, 0.1) is 5.56 Å². The molecule has 0 atom stereocenters. The van der Waals surface area contributed by atoms with Gasteiger partial charge < -0.3 is 14.6 Å². The fraction of sp³-hybridized carbons (Fsp3) is 0.250. The zero-order valence-corrected chi connectivity index (χ0v) is 13.0. The normalized spacial score (nSPS) is 11.2. The zero-order chi connectivity index (χ0) is 17.9. The summed E-state index contributed by atoms with van der Waals surface area (Å²) in [5.41, 5.74) is 1.20. The lowest BCUT2D eigenvalue weighted by atomic mass is 10.2. The minimum absolute atomic E-state index is 0.229. The molecule has 0 spiro atoms. The van der Waals surface area contributed by atoms with E-state index in [2.05, 4.69) is 5.32 Å². The van der Waals surface area contributed by atoms with E-state index in [1.807, 2.05) is 0 Å². The second-order valence-electron chi connectivity index (χ2n) is 5.26. The molecule has 0 aliphatic heterocycles. The number of nitrogens with zero attached hydrogens (tertiary/aromatic N) is 1. The Morgan fingerprint density at radius 3 is 2.54 bits per heavy atom. The number of nitrogens with one attached hydrogen (secondary N) is 1. The van der Waals surface area contributed by atoms with E-state index in [4.69, 9.17) is 4.42 Å². The monoisotopic (exact) mass is 340 g/mol. The number of carbonyl (C=O) groups is 2. The largest absolute Gasteiger partial charge is 0.471 e. The Balaban J connectivity index is 2.06. The number of furan rings is 1. The van der Waals surface area contributed by atoms with Crippen LogP contribution in [0, 0.1) is 6.92 Å². The van der Waals surface area contributed by atoms with Gasteiger partial charge in [-0.25, -0.2) is 0 Å².